The van der Waals surface area contributed by atoms with Gasteiger partial charge in [-0.1, -0.05) is 18.2 Å². The molecule has 100 valence electrons. The molecule has 1 aliphatic rings. The minimum Gasteiger partial charge on any atom is -0.330 e. The lowest BCUT2D eigenvalue weighted by Crippen LogP contribution is -2.34. The van der Waals surface area contributed by atoms with Crippen molar-refractivity contribution in [2.75, 3.05) is 18.1 Å². The highest BCUT2D eigenvalue weighted by Gasteiger charge is 2.41. The van der Waals surface area contributed by atoms with Gasteiger partial charge in [-0.3, -0.25) is 0 Å². The number of hydrogen-bond donors (Lipinski definition) is 1. The van der Waals surface area contributed by atoms with E-state index in [1.54, 1.807) is 0 Å². The molecular weight excluding hydrogens is 246 g/mol. The van der Waals surface area contributed by atoms with Gasteiger partial charge in [0.05, 0.1) is 11.5 Å². The number of rotatable bonds is 3. The molecule has 1 atom stereocenters. The molecule has 1 heterocycles. The van der Waals surface area contributed by atoms with Crippen LogP contribution in [0.3, 0.4) is 0 Å². The molecule has 1 aromatic rings. The fraction of sp³-hybridized carbons (Fsp3) is 0.571. The fourth-order valence-corrected chi connectivity index (χ4v) is 5.04. The van der Waals surface area contributed by atoms with Crippen LogP contribution in [0.5, 0.6) is 0 Å². The van der Waals surface area contributed by atoms with Gasteiger partial charge in [0, 0.05) is 5.41 Å². The van der Waals surface area contributed by atoms with Crippen molar-refractivity contribution in [3.63, 3.8) is 0 Å². The highest BCUT2D eigenvalue weighted by Crippen LogP contribution is 2.36. The normalized spacial score (nSPS) is 26.4. The van der Waals surface area contributed by atoms with Crippen molar-refractivity contribution in [1.29, 1.82) is 0 Å². The predicted octanol–water partition coefficient (Wildman–Crippen LogP) is 1.61. The van der Waals surface area contributed by atoms with E-state index >= 15 is 0 Å². The van der Waals surface area contributed by atoms with Crippen LogP contribution in [0.15, 0.2) is 18.2 Å². The largest absolute Gasteiger partial charge is 0.330 e. The quantitative estimate of drug-likeness (QED) is 0.905. The Balaban J connectivity index is 2.32. The van der Waals surface area contributed by atoms with Crippen LogP contribution in [0.25, 0.3) is 0 Å². The summed E-state index contributed by atoms with van der Waals surface area (Å²) < 4.78 is 23.4. The molecule has 1 aromatic carbocycles. The van der Waals surface area contributed by atoms with Gasteiger partial charge >= 0.3 is 0 Å². The zero-order chi connectivity index (χ0) is 13.4. The van der Waals surface area contributed by atoms with Crippen molar-refractivity contribution in [1.82, 2.24) is 0 Å². The Hall–Kier alpha value is -0.870. The van der Waals surface area contributed by atoms with E-state index in [0.717, 1.165) is 6.42 Å². The van der Waals surface area contributed by atoms with Crippen molar-refractivity contribution in [2.24, 2.45) is 11.1 Å². The van der Waals surface area contributed by atoms with Gasteiger partial charge in [0.25, 0.3) is 0 Å². The smallest absolute Gasteiger partial charge is 0.150 e. The molecular formula is C14H21NO2S. The molecule has 1 saturated heterocycles. The fourth-order valence-electron chi connectivity index (χ4n) is 2.86. The van der Waals surface area contributed by atoms with Crippen molar-refractivity contribution in [2.45, 2.75) is 26.7 Å². The SMILES string of the molecule is Cc1cccc(C)c1CC1(CN)CCS(=O)(=O)C1. The summed E-state index contributed by atoms with van der Waals surface area (Å²) in [5, 5.41) is 0. The highest BCUT2D eigenvalue weighted by molar-refractivity contribution is 7.91. The molecule has 0 spiro atoms. The Morgan fingerprint density at radius 2 is 1.89 bits per heavy atom. The van der Waals surface area contributed by atoms with Gasteiger partial charge in [-0.05, 0) is 49.9 Å². The Labute approximate surface area is 109 Å². The van der Waals surface area contributed by atoms with Gasteiger partial charge in [-0.2, -0.15) is 0 Å². The Kier molecular flexibility index (Phi) is 3.52. The average molecular weight is 267 g/mol. The average Bonchev–Trinajstić information content (AvgIpc) is 2.61. The van der Waals surface area contributed by atoms with E-state index in [9.17, 15) is 8.42 Å². The lowest BCUT2D eigenvalue weighted by atomic mass is 9.79. The van der Waals surface area contributed by atoms with E-state index in [-0.39, 0.29) is 16.9 Å². The van der Waals surface area contributed by atoms with Crippen molar-refractivity contribution < 1.29 is 8.42 Å². The third kappa shape index (κ3) is 2.59. The second-order valence-electron chi connectivity index (χ2n) is 5.59. The molecule has 1 aliphatic heterocycles. The summed E-state index contributed by atoms with van der Waals surface area (Å²) in [6.07, 6.45) is 1.47. The van der Waals surface area contributed by atoms with Crippen LogP contribution in [-0.4, -0.2) is 26.5 Å². The van der Waals surface area contributed by atoms with Gasteiger partial charge in [-0.25, -0.2) is 8.42 Å². The molecule has 1 unspecified atom stereocenters. The van der Waals surface area contributed by atoms with E-state index < -0.39 is 9.84 Å². The second kappa shape index (κ2) is 4.67. The zero-order valence-electron chi connectivity index (χ0n) is 11.1. The number of sulfone groups is 1. The number of benzene rings is 1. The van der Waals surface area contributed by atoms with Crippen LogP contribution in [0.2, 0.25) is 0 Å². The summed E-state index contributed by atoms with van der Waals surface area (Å²) in [6.45, 7) is 4.60. The van der Waals surface area contributed by atoms with Crippen molar-refractivity contribution in [3.8, 4) is 0 Å². The van der Waals surface area contributed by atoms with Gasteiger partial charge in [-0.15, -0.1) is 0 Å². The first-order valence-corrected chi connectivity index (χ1v) is 8.15. The number of aryl methyl sites for hydroxylation is 2. The zero-order valence-corrected chi connectivity index (χ0v) is 11.9. The molecule has 0 aliphatic carbocycles. The van der Waals surface area contributed by atoms with E-state index in [1.165, 1.54) is 16.7 Å². The third-order valence-corrected chi connectivity index (χ3v) is 5.98. The first kappa shape index (κ1) is 13.6. The molecule has 0 saturated carbocycles. The van der Waals surface area contributed by atoms with E-state index in [0.29, 0.717) is 13.0 Å². The minimum atomic E-state index is -2.89. The van der Waals surface area contributed by atoms with Crippen LogP contribution < -0.4 is 5.73 Å². The molecule has 3 nitrogen and oxygen atoms in total. The predicted molar refractivity (Wildman–Crippen MR) is 74.4 cm³/mol. The van der Waals surface area contributed by atoms with Crippen LogP contribution in [-0.2, 0) is 16.3 Å². The minimum absolute atomic E-state index is 0.240. The van der Waals surface area contributed by atoms with Gasteiger partial charge in [0.15, 0.2) is 9.84 Å². The van der Waals surface area contributed by atoms with E-state index in [4.69, 9.17) is 5.73 Å². The van der Waals surface area contributed by atoms with Crippen LogP contribution in [0, 0.1) is 19.3 Å². The van der Waals surface area contributed by atoms with Gasteiger partial charge in [0.1, 0.15) is 0 Å². The first-order valence-electron chi connectivity index (χ1n) is 6.33. The Morgan fingerprint density at radius 1 is 1.28 bits per heavy atom. The summed E-state index contributed by atoms with van der Waals surface area (Å²) in [7, 11) is -2.89. The van der Waals surface area contributed by atoms with Gasteiger partial charge in [0.2, 0.25) is 0 Å². The van der Waals surface area contributed by atoms with Crippen LogP contribution in [0.1, 0.15) is 23.1 Å². The van der Waals surface area contributed by atoms with Crippen molar-refractivity contribution >= 4 is 9.84 Å². The maximum absolute atomic E-state index is 11.7. The Morgan fingerprint density at radius 3 is 2.33 bits per heavy atom. The summed E-state index contributed by atoms with van der Waals surface area (Å²) in [5.74, 6) is 0.527. The molecule has 2 N–H and O–H groups in total. The second-order valence-corrected chi connectivity index (χ2v) is 7.78. The maximum atomic E-state index is 11.7. The summed E-state index contributed by atoms with van der Waals surface area (Å²) in [5.41, 5.74) is 9.34. The Bertz CT molecular complexity index is 531. The topological polar surface area (TPSA) is 60.2 Å². The molecule has 2 rings (SSSR count). The molecule has 1 fully saturated rings. The van der Waals surface area contributed by atoms with E-state index in [1.807, 2.05) is 6.07 Å². The highest BCUT2D eigenvalue weighted by atomic mass is 32.2. The maximum Gasteiger partial charge on any atom is 0.150 e. The molecule has 0 bridgehead atoms. The molecule has 0 radical (unpaired) electrons. The molecule has 18 heavy (non-hydrogen) atoms. The van der Waals surface area contributed by atoms with E-state index in [2.05, 4.69) is 26.0 Å². The molecule has 0 amide bonds. The first-order chi connectivity index (χ1) is 8.37. The lowest BCUT2D eigenvalue weighted by molar-refractivity contribution is 0.343. The summed E-state index contributed by atoms with van der Waals surface area (Å²) in [4.78, 5) is 0. The number of nitrogens with two attached hydrogens (primary N) is 1. The lowest BCUT2D eigenvalue weighted by Gasteiger charge is -2.27. The van der Waals surface area contributed by atoms with Crippen molar-refractivity contribution in [3.05, 3.63) is 34.9 Å². The molecule has 0 aromatic heterocycles. The third-order valence-electron chi connectivity index (χ3n) is 4.10. The summed E-state index contributed by atoms with van der Waals surface area (Å²) in [6, 6.07) is 6.20. The van der Waals surface area contributed by atoms with Crippen LogP contribution >= 0.6 is 0 Å². The molecule has 4 heteroatoms. The van der Waals surface area contributed by atoms with Gasteiger partial charge < -0.3 is 5.73 Å². The summed E-state index contributed by atoms with van der Waals surface area (Å²) >= 11 is 0. The van der Waals surface area contributed by atoms with Crippen LogP contribution in [0.4, 0.5) is 0 Å². The number of hydrogen-bond acceptors (Lipinski definition) is 3. The monoisotopic (exact) mass is 267 g/mol. The standard InChI is InChI=1S/C14H21NO2S/c1-11-4-3-5-12(2)13(11)8-14(9-15)6-7-18(16,17)10-14/h3-5H,6-10,15H2,1-2H3.